The van der Waals surface area contributed by atoms with Crippen molar-refractivity contribution in [3.05, 3.63) is 11.9 Å². The summed E-state index contributed by atoms with van der Waals surface area (Å²) in [6.45, 7) is 4.08. The van der Waals surface area contributed by atoms with Crippen LogP contribution < -0.4 is 10.5 Å². The molecule has 1 heterocycles. The maximum atomic E-state index is 5.95. The first kappa shape index (κ1) is 14.1. The summed E-state index contributed by atoms with van der Waals surface area (Å²) < 4.78 is 11.4. The summed E-state index contributed by atoms with van der Waals surface area (Å²) in [4.78, 5) is 8.64. The third-order valence-electron chi connectivity index (χ3n) is 3.45. The number of nitrogens with zero attached hydrogens (tertiary/aromatic N) is 2. The van der Waals surface area contributed by atoms with Crippen LogP contribution in [0.15, 0.2) is 6.07 Å². The third kappa shape index (κ3) is 3.80. The fourth-order valence-corrected chi connectivity index (χ4v) is 2.37. The molecule has 1 saturated carbocycles. The first-order chi connectivity index (χ1) is 9.08. The van der Waals surface area contributed by atoms with Gasteiger partial charge in [-0.1, -0.05) is 13.8 Å². The molecule has 2 atom stereocenters. The van der Waals surface area contributed by atoms with Gasteiger partial charge in [0.1, 0.15) is 17.7 Å². The summed E-state index contributed by atoms with van der Waals surface area (Å²) in [5.74, 6) is 2.02. The molecule has 1 aliphatic carbocycles. The summed E-state index contributed by atoms with van der Waals surface area (Å²) in [7, 11) is 1.76. The van der Waals surface area contributed by atoms with Gasteiger partial charge in [-0.05, 0) is 19.3 Å². The number of aromatic nitrogens is 2. The molecule has 0 radical (unpaired) electrons. The molecule has 106 valence electrons. The van der Waals surface area contributed by atoms with Gasteiger partial charge in [-0.3, -0.25) is 0 Å². The highest BCUT2D eigenvalue weighted by Crippen LogP contribution is 2.25. The highest BCUT2D eigenvalue weighted by molar-refractivity contribution is 5.33. The van der Waals surface area contributed by atoms with Crippen molar-refractivity contribution in [2.75, 3.05) is 12.8 Å². The maximum Gasteiger partial charge on any atom is 0.219 e. The lowest BCUT2D eigenvalue weighted by atomic mass is 9.95. The zero-order chi connectivity index (χ0) is 13.8. The Balaban J connectivity index is 2.06. The van der Waals surface area contributed by atoms with Gasteiger partial charge in [0.05, 0.1) is 6.10 Å². The normalized spacial score (nSPS) is 23.6. The van der Waals surface area contributed by atoms with Crippen LogP contribution in [-0.4, -0.2) is 29.3 Å². The molecule has 1 fully saturated rings. The van der Waals surface area contributed by atoms with E-state index in [1.54, 1.807) is 13.2 Å². The van der Waals surface area contributed by atoms with E-state index in [1.165, 1.54) is 0 Å². The summed E-state index contributed by atoms with van der Waals surface area (Å²) in [5.41, 5.74) is 5.80. The molecule has 2 rings (SSSR count). The van der Waals surface area contributed by atoms with E-state index in [4.69, 9.17) is 15.2 Å². The fourth-order valence-electron chi connectivity index (χ4n) is 2.37. The Labute approximate surface area is 114 Å². The van der Waals surface area contributed by atoms with Crippen molar-refractivity contribution in [1.29, 1.82) is 0 Å². The van der Waals surface area contributed by atoms with Crippen molar-refractivity contribution in [3.8, 4) is 5.88 Å². The Morgan fingerprint density at radius 3 is 2.68 bits per heavy atom. The van der Waals surface area contributed by atoms with E-state index in [1.807, 2.05) is 13.8 Å². The lowest BCUT2D eigenvalue weighted by molar-refractivity contribution is 0.0194. The van der Waals surface area contributed by atoms with Crippen molar-refractivity contribution in [2.45, 2.75) is 57.7 Å². The molecular weight excluding hydrogens is 242 g/mol. The van der Waals surface area contributed by atoms with Gasteiger partial charge in [-0.2, -0.15) is 4.98 Å². The van der Waals surface area contributed by atoms with Gasteiger partial charge in [-0.15, -0.1) is 0 Å². The standard InChI is InChI=1S/C14H23N3O2/c1-9(2)14-16-12(15)8-13(17-14)19-11-6-4-5-10(7-11)18-3/h8-11H,4-7H2,1-3H3,(H2,15,16,17). The minimum absolute atomic E-state index is 0.160. The van der Waals surface area contributed by atoms with Gasteiger partial charge < -0.3 is 15.2 Å². The Kier molecular flexibility index (Phi) is 4.58. The molecule has 0 aliphatic heterocycles. The van der Waals surface area contributed by atoms with E-state index in [0.29, 0.717) is 17.8 Å². The van der Waals surface area contributed by atoms with E-state index in [2.05, 4.69) is 9.97 Å². The van der Waals surface area contributed by atoms with Crippen molar-refractivity contribution in [1.82, 2.24) is 9.97 Å². The molecule has 5 heteroatoms. The number of nitrogen functional groups attached to an aromatic ring is 1. The Hall–Kier alpha value is -1.36. The largest absolute Gasteiger partial charge is 0.474 e. The van der Waals surface area contributed by atoms with Gasteiger partial charge >= 0.3 is 0 Å². The van der Waals surface area contributed by atoms with E-state index in [0.717, 1.165) is 31.5 Å². The van der Waals surface area contributed by atoms with Gasteiger partial charge in [0, 0.05) is 25.5 Å². The van der Waals surface area contributed by atoms with Crippen molar-refractivity contribution in [3.63, 3.8) is 0 Å². The fraction of sp³-hybridized carbons (Fsp3) is 0.714. The maximum absolute atomic E-state index is 5.95. The molecule has 5 nitrogen and oxygen atoms in total. The van der Waals surface area contributed by atoms with Crippen LogP contribution in [0.3, 0.4) is 0 Å². The SMILES string of the molecule is COC1CCCC(Oc2cc(N)nc(C(C)C)n2)C1. The van der Waals surface area contributed by atoms with Crippen LogP contribution in [0.5, 0.6) is 5.88 Å². The monoisotopic (exact) mass is 265 g/mol. The summed E-state index contributed by atoms with van der Waals surface area (Å²) in [6, 6.07) is 1.70. The molecule has 1 aromatic rings. The highest BCUT2D eigenvalue weighted by atomic mass is 16.5. The molecule has 19 heavy (non-hydrogen) atoms. The van der Waals surface area contributed by atoms with Gasteiger partial charge in [0.2, 0.25) is 5.88 Å². The van der Waals surface area contributed by atoms with Crippen LogP contribution >= 0.6 is 0 Å². The summed E-state index contributed by atoms with van der Waals surface area (Å²) in [5, 5.41) is 0. The number of anilines is 1. The smallest absolute Gasteiger partial charge is 0.219 e. The third-order valence-corrected chi connectivity index (χ3v) is 3.45. The lowest BCUT2D eigenvalue weighted by Gasteiger charge is -2.28. The van der Waals surface area contributed by atoms with Crippen molar-refractivity contribution < 1.29 is 9.47 Å². The van der Waals surface area contributed by atoms with Crippen molar-refractivity contribution >= 4 is 5.82 Å². The molecule has 2 unspecified atom stereocenters. The summed E-state index contributed by atoms with van der Waals surface area (Å²) in [6.07, 6.45) is 4.65. The van der Waals surface area contributed by atoms with E-state index < -0.39 is 0 Å². The number of hydrogen-bond donors (Lipinski definition) is 1. The first-order valence-corrected chi connectivity index (χ1v) is 6.92. The number of hydrogen-bond acceptors (Lipinski definition) is 5. The Bertz CT molecular complexity index is 423. The molecule has 2 N–H and O–H groups in total. The molecule has 0 aromatic carbocycles. The number of methoxy groups -OCH3 is 1. The molecule has 0 amide bonds. The zero-order valence-corrected chi connectivity index (χ0v) is 11.9. The number of rotatable bonds is 4. The second-order valence-corrected chi connectivity index (χ2v) is 5.41. The minimum Gasteiger partial charge on any atom is -0.474 e. The van der Waals surface area contributed by atoms with E-state index in [9.17, 15) is 0 Å². The molecule has 0 saturated heterocycles. The molecule has 1 aromatic heterocycles. The quantitative estimate of drug-likeness (QED) is 0.905. The van der Waals surface area contributed by atoms with Gasteiger partial charge in [-0.25, -0.2) is 4.98 Å². The average Bonchev–Trinajstić information content (AvgIpc) is 2.38. The van der Waals surface area contributed by atoms with Crippen LogP contribution in [0.2, 0.25) is 0 Å². The first-order valence-electron chi connectivity index (χ1n) is 6.92. The van der Waals surface area contributed by atoms with Crippen LogP contribution in [0.4, 0.5) is 5.82 Å². The number of ether oxygens (including phenoxy) is 2. The topological polar surface area (TPSA) is 70.3 Å². The van der Waals surface area contributed by atoms with E-state index in [-0.39, 0.29) is 12.0 Å². The Morgan fingerprint density at radius 2 is 2.00 bits per heavy atom. The molecule has 0 spiro atoms. The van der Waals surface area contributed by atoms with Crippen LogP contribution in [-0.2, 0) is 4.74 Å². The van der Waals surface area contributed by atoms with Crippen LogP contribution in [0.1, 0.15) is 51.3 Å². The molecule has 1 aliphatic rings. The Morgan fingerprint density at radius 1 is 1.26 bits per heavy atom. The predicted octanol–water partition coefficient (Wildman–Crippen LogP) is 2.52. The molecular formula is C14H23N3O2. The minimum atomic E-state index is 0.160. The average molecular weight is 265 g/mol. The van der Waals surface area contributed by atoms with Gasteiger partial charge in [0.25, 0.3) is 0 Å². The second-order valence-electron chi connectivity index (χ2n) is 5.41. The van der Waals surface area contributed by atoms with E-state index >= 15 is 0 Å². The highest BCUT2D eigenvalue weighted by Gasteiger charge is 2.23. The van der Waals surface area contributed by atoms with Crippen molar-refractivity contribution in [2.24, 2.45) is 0 Å². The van der Waals surface area contributed by atoms with Gasteiger partial charge in [0.15, 0.2) is 0 Å². The second kappa shape index (κ2) is 6.19. The molecule has 0 bridgehead atoms. The predicted molar refractivity (Wildman–Crippen MR) is 74.2 cm³/mol. The van der Waals surface area contributed by atoms with Crippen LogP contribution in [0, 0.1) is 0 Å². The summed E-state index contributed by atoms with van der Waals surface area (Å²) >= 11 is 0. The number of nitrogens with two attached hydrogens (primary N) is 1. The van der Waals surface area contributed by atoms with Crippen LogP contribution in [0.25, 0.3) is 0 Å². The lowest BCUT2D eigenvalue weighted by Crippen LogP contribution is -2.29. The zero-order valence-electron chi connectivity index (χ0n) is 11.9.